The lowest BCUT2D eigenvalue weighted by atomic mass is 10.1. The average molecular weight is 264 g/mol. The van der Waals surface area contributed by atoms with E-state index in [1.165, 1.54) is 19.2 Å². The summed E-state index contributed by atoms with van der Waals surface area (Å²) >= 11 is 0. The Labute approximate surface area is 109 Å². The van der Waals surface area contributed by atoms with Crippen LogP contribution in [-0.2, 0) is 9.53 Å². The summed E-state index contributed by atoms with van der Waals surface area (Å²) < 4.78 is 18.0. The lowest BCUT2D eigenvalue weighted by molar-refractivity contribution is -0.139. The topological polar surface area (TPSA) is 81.4 Å². The van der Waals surface area contributed by atoms with Gasteiger partial charge in [0.25, 0.3) is 5.91 Å². The van der Waals surface area contributed by atoms with Crippen molar-refractivity contribution < 1.29 is 18.7 Å². The summed E-state index contributed by atoms with van der Waals surface area (Å²) in [5.74, 6) is 3.21. The van der Waals surface area contributed by atoms with Gasteiger partial charge in [-0.1, -0.05) is 11.8 Å². The van der Waals surface area contributed by atoms with Crippen LogP contribution in [0.5, 0.6) is 0 Å². The molecule has 6 heteroatoms. The number of hydrogen-bond donors (Lipinski definition) is 2. The quantitative estimate of drug-likeness (QED) is 0.596. The maximum Gasteiger partial charge on any atom is 0.325 e. The average Bonchev–Trinajstić information content (AvgIpc) is 2.42. The molecule has 5 nitrogen and oxygen atoms in total. The van der Waals surface area contributed by atoms with E-state index < -0.39 is 17.7 Å². The molecule has 0 unspecified atom stereocenters. The molecule has 1 aromatic carbocycles. The lowest BCUT2D eigenvalue weighted by Gasteiger charge is -2.05. The second-order valence-corrected chi connectivity index (χ2v) is 3.46. The molecule has 1 amide bonds. The minimum Gasteiger partial charge on any atom is -0.468 e. The van der Waals surface area contributed by atoms with E-state index in [2.05, 4.69) is 21.9 Å². The van der Waals surface area contributed by atoms with Gasteiger partial charge in [-0.2, -0.15) is 0 Å². The van der Waals surface area contributed by atoms with Crippen molar-refractivity contribution in [3.8, 4) is 11.8 Å². The summed E-state index contributed by atoms with van der Waals surface area (Å²) in [5.41, 5.74) is 5.46. The summed E-state index contributed by atoms with van der Waals surface area (Å²) in [5, 5.41) is 2.24. The fourth-order valence-electron chi connectivity index (χ4n) is 1.25. The second-order valence-electron chi connectivity index (χ2n) is 3.46. The van der Waals surface area contributed by atoms with Crippen molar-refractivity contribution in [2.75, 3.05) is 20.2 Å². The Hall–Kier alpha value is -2.39. The van der Waals surface area contributed by atoms with Gasteiger partial charge < -0.3 is 15.8 Å². The molecule has 0 aliphatic heterocycles. The summed E-state index contributed by atoms with van der Waals surface area (Å²) in [6.07, 6.45) is 0. The third kappa shape index (κ3) is 4.41. The maximum atomic E-state index is 13.7. The highest BCUT2D eigenvalue weighted by Gasteiger charge is 2.13. The minimum absolute atomic E-state index is 0.165. The van der Waals surface area contributed by atoms with Gasteiger partial charge in [0.15, 0.2) is 0 Å². The predicted octanol–water partition coefficient (Wildman–Crippen LogP) is 0.0387. The zero-order chi connectivity index (χ0) is 14.3. The van der Waals surface area contributed by atoms with Crippen LogP contribution in [-0.4, -0.2) is 32.1 Å². The molecule has 0 aromatic heterocycles. The van der Waals surface area contributed by atoms with Gasteiger partial charge in [-0.05, 0) is 18.2 Å². The van der Waals surface area contributed by atoms with Crippen LogP contribution in [0.25, 0.3) is 0 Å². The number of ether oxygens (including phenoxy) is 1. The number of esters is 1. The Balaban J connectivity index is 2.78. The molecule has 1 rings (SSSR count). The van der Waals surface area contributed by atoms with Crippen LogP contribution in [0, 0.1) is 17.7 Å². The zero-order valence-corrected chi connectivity index (χ0v) is 10.3. The zero-order valence-electron chi connectivity index (χ0n) is 10.3. The number of hydrogen-bond acceptors (Lipinski definition) is 4. The van der Waals surface area contributed by atoms with Gasteiger partial charge in [0.1, 0.15) is 12.4 Å². The van der Waals surface area contributed by atoms with Crippen molar-refractivity contribution in [1.29, 1.82) is 0 Å². The largest absolute Gasteiger partial charge is 0.468 e. The van der Waals surface area contributed by atoms with Crippen molar-refractivity contribution in [2.24, 2.45) is 5.73 Å². The first-order valence-electron chi connectivity index (χ1n) is 5.42. The molecule has 0 aliphatic carbocycles. The van der Waals surface area contributed by atoms with E-state index in [0.29, 0.717) is 5.56 Å². The molecule has 100 valence electrons. The Morgan fingerprint density at radius 3 is 2.79 bits per heavy atom. The molecule has 19 heavy (non-hydrogen) atoms. The minimum atomic E-state index is -0.716. The smallest absolute Gasteiger partial charge is 0.325 e. The van der Waals surface area contributed by atoms with Crippen molar-refractivity contribution in [1.82, 2.24) is 5.32 Å². The van der Waals surface area contributed by atoms with Crippen molar-refractivity contribution >= 4 is 11.9 Å². The van der Waals surface area contributed by atoms with E-state index in [-0.39, 0.29) is 18.7 Å². The van der Waals surface area contributed by atoms with Crippen molar-refractivity contribution in [2.45, 2.75) is 0 Å². The molecule has 0 aliphatic rings. The fraction of sp³-hybridized carbons (Fsp3) is 0.231. The first kappa shape index (κ1) is 14.7. The van der Waals surface area contributed by atoms with Crippen LogP contribution in [0.4, 0.5) is 4.39 Å². The van der Waals surface area contributed by atoms with E-state index in [9.17, 15) is 14.0 Å². The summed E-state index contributed by atoms with van der Waals surface area (Å²) in [6, 6.07) is 3.93. The molecule has 0 saturated carbocycles. The number of nitrogens with one attached hydrogen (secondary N) is 1. The molecule has 3 N–H and O–H groups in total. The Morgan fingerprint density at radius 1 is 1.47 bits per heavy atom. The van der Waals surface area contributed by atoms with Crippen LogP contribution in [0.2, 0.25) is 0 Å². The number of benzene rings is 1. The molecule has 0 heterocycles. The SMILES string of the molecule is COC(=O)CNC(=O)c1ccc(C#CCN)cc1F. The molecule has 0 spiro atoms. The number of nitrogens with two attached hydrogens (primary N) is 1. The molecule has 0 fully saturated rings. The number of carbonyl (C=O) groups is 2. The summed E-state index contributed by atoms with van der Waals surface area (Å²) in [4.78, 5) is 22.4. The number of carbonyl (C=O) groups excluding carboxylic acids is 2. The van der Waals surface area contributed by atoms with Crippen molar-refractivity contribution in [3.05, 3.63) is 35.1 Å². The van der Waals surface area contributed by atoms with Crippen LogP contribution in [0.1, 0.15) is 15.9 Å². The molecule has 0 bridgehead atoms. The van der Waals surface area contributed by atoms with Gasteiger partial charge in [-0.25, -0.2) is 4.39 Å². The Kier molecular flexibility index (Phi) is 5.51. The molecule has 1 aromatic rings. The van der Waals surface area contributed by atoms with Gasteiger partial charge in [-0.3, -0.25) is 9.59 Å². The van der Waals surface area contributed by atoms with Crippen LogP contribution < -0.4 is 11.1 Å². The van der Waals surface area contributed by atoms with Crippen LogP contribution in [0.3, 0.4) is 0 Å². The Bertz CT molecular complexity index is 547. The normalized spacial score (nSPS) is 9.21. The van der Waals surface area contributed by atoms with E-state index in [1.807, 2.05) is 0 Å². The molecule has 0 radical (unpaired) electrons. The second kappa shape index (κ2) is 7.13. The van der Waals surface area contributed by atoms with Gasteiger partial charge in [0, 0.05) is 5.56 Å². The lowest BCUT2D eigenvalue weighted by Crippen LogP contribution is -2.30. The number of methoxy groups -OCH3 is 1. The standard InChI is InChI=1S/C13H13FN2O3/c1-19-12(17)8-16-13(18)10-5-4-9(3-2-6-15)7-11(10)14/h4-5,7H,6,8,15H2,1H3,(H,16,18). The summed E-state index contributed by atoms with van der Waals surface area (Å²) in [7, 11) is 1.19. The number of amides is 1. The highest BCUT2D eigenvalue weighted by Crippen LogP contribution is 2.09. The van der Waals surface area contributed by atoms with E-state index in [1.54, 1.807) is 0 Å². The number of halogens is 1. The van der Waals surface area contributed by atoms with E-state index in [0.717, 1.165) is 6.07 Å². The van der Waals surface area contributed by atoms with Gasteiger partial charge >= 0.3 is 5.97 Å². The monoisotopic (exact) mass is 264 g/mol. The van der Waals surface area contributed by atoms with Crippen LogP contribution >= 0.6 is 0 Å². The molecule has 0 atom stereocenters. The molecular weight excluding hydrogens is 251 g/mol. The van der Waals surface area contributed by atoms with Gasteiger partial charge in [0.05, 0.1) is 19.2 Å². The number of rotatable bonds is 3. The Morgan fingerprint density at radius 2 is 2.21 bits per heavy atom. The van der Waals surface area contributed by atoms with E-state index >= 15 is 0 Å². The van der Waals surface area contributed by atoms with E-state index in [4.69, 9.17) is 5.73 Å². The van der Waals surface area contributed by atoms with Crippen molar-refractivity contribution in [3.63, 3.8) is 0 Å². The molecule has 0 saturated heterocycles. The summed E-state index contributed by atoms with van der Waals surface area (Å²) in [6.45, 7) is -0.146. The fourth-order valence-corrected chi connectivity index (χ4v) is 1.25. The van der Waals surface area contributed by atoms with Gasteiger partial charge in [-0.15, -0.1) is 0 Å². The third-order valence-corrected chi connectivity index (χ3v) is 2.17. The third-order valence-electron chi connectivity index (χ3n) is 2.17. The molecular formula is C13H13FN2O3. The first-order chi connectivity index (χ1) is 9.08. The van der Waals surface area contributed by atoms with Crippen LogP contribution in [0.15, 0.2) is 18.2 Å². The highest BCUT2D eigenvalue weighted by molar-refractivity contribution is 5.96. The first-order valence-corrected chi connectivity index (χ1v) is 5.42. The van der Waals surface area contributed by atoms with Gasteiger partial charge in [0.2, 0.25) is 0 Å². The highest BCUT2D eigenvalue weighted by atomic mass is 19.1. The predicted molar refractivity (Wildman–Crippen MR) is 66.7 cm³/mol. The maximum absolute atomic E-state index is 13.7.